The Bertz CT molecular complexity index is 224. The first-order chi connectivity index (χ1) is 5.33. The standard InChI is InChI=1S/C5H7N3OS2/c1-10-2-4(9)7-5-8-6-3-11-5/h3H,2H2,1H3,(H,7,8,9). The van der Waals surface area contributed by atoms with Crippen LogP contribution in [-0.4, -0.2) is 28.1 Å². The lowest BCUT2D eigenvalue weighted by Crippen LogP contribution is -2.13. The van der Waals surface area contributed by atoms with Gasteiger partial charge in [0, 0.05) is 0 Å². The van der Waals surface area contributed by atoms with Crippen LogP contribution >= 0.6 is 23.1 Å². The third kappa shape index (κ3) is 2.85. The highest BCUT2D eigenvalue weighted by Crippen LogP contribution is 2.07. The van der Waals surface area contributed by atoms with Crippen LogP contribution in [0.5, 0.6) is 0 Å². The molecule has 1 aromatic rings. The number of nitrogens with one attached hydrogen (secondary N) is 1. The van der Waals surface area contributed by atoms with E-state index in [1.807, 2.05) is 6.26 Å². The van der Waals surface area contributed by atoms with Gasteiger partial charge in [-0.3, -0.25) is 10.1 Å². The average molecular weight is 189 g/mol. The van der Waals surface area contributed by atoms with Gasteiger partial charge in [0.15, 0.2) is 0 Å². The molecule has 0 radical (unpaired) electrons. The summed E-state index contributed by atoms with van der Waals surface area (Å²) in [5.41, 5.74) is 1.58. The molecule has 0 saturated carbocycles. The molecule has 0 bridgehead atoms. The molecule has 11 heavy (non-hydrogen) atoms. The van der Waals surface area contributed by atoms with Crippen LogP contribution in [0.4, 0.5) is 5.13 Å². The normalized spacial score (nSPS) is 9.55. The number of hydrogen-bond acceptors (Lipinski definition) is 5. The summed E-state index contributed by atoms with van der Waals surface area (Å²) >= 11 is 2.79. The SMILES string of the molecule is CSCC(=O)Nc1nncs1. The monoisotopic (exact) mass is 189 g/mol. The van der Waals surface area contributed by atoms with Crippen LogP contribution in [0.3, 0.4) is 0 Å². The van der Waals surface area contributed by atoms with Crippen molar-refractivity contribution in [2.75, 3.05) is 17.3 Å². The zero-order chi connectivity index (χ0) is 8.10. The minimum absolute atomic E-state index is 0.0331. The summed E-state index contributed by atoms with van der Waals surface area (Å²) in [6.45, 7) is 0. The van der Waals surface area contributed by atoms with Gasteiger partial charge in [-0.1, -0.05) is 11.3 Å². The summed E-state index contributed by atoms with van der Waals surface area (Å²) < 4.78 is 0. The number of anilines is 1. The second-order valence-corrected chi connectivity index (χ2v) is 3.42. The van der Waals surface area contributed by atoms with Crippen molar-refractivity contribution < 1.29 is 4.79 Å². The first-order valence-corrected chi connectivity index (χ1v) is 5.15. The van der Waals surface area contributed by atoms with Crippen LogP contribution in [-0.2, 0) is 4.79 Å². The van der Waals surface area contributed by atoms with Gasteiger partial charge in [-0.25, -0.2) is 0 Å². The van der Waals surface area contributed by atoms with Gasteiger partial charge in [0.2, 0.25) is 11.0 Å². The quantitative estimate of drug-likeness (QED) is 0.765. The Labute approximate surface area is 72.4 Å². The second-order valence-electron chi connectivity index (χ2n) is 1.73. The van der Waals surface area contributed by atoms with Crippen molar-refractivity contribution in [1.82, 2.24) is 10.2 Å². The lowest BCUT2D eigenvalue weighted by molar-refractivity contribution is -0.113. The Morgan fingerprint density at radius 1 is 1.91 bits per heavy atom. The summed E-state index contributed by atoms with van der Waals surface area (Å²) in [6.07, 6.45) is 1.87. The predicted octanol–water partition coefficient (Wildman–Crippen LogP) is 0.840. The Kier molecular flexibility index (Phi) is 3.31. The summed E-state index contributed by atoms with van der Waals surface area (Å²) in [6, 6.07) is 0. The summed E-state index contributed by atoms with van der Waals surface area (Å²) in [7, 11) is 0. The molecule has 60 valence electrons. The fourth-order valence-corrected chi connectivity index (χ4v) is 1.31. The first kappa shape index (κ1) is 8.48. The molecule has 0 unspecified atom stereocenters. The van der Waals surface area contributed by atoms with Crippen molar-refractivity contribution in [3.05, 3.63) is 5.51 Å². The lowest BCUT2D eigenvalue weighted by Gasteiger charge is -1.96. The number of carbonyl (C=O) groups is 1. The highest BCUT2D eigenvalue weighted by atomic mass is 32.2. The number of amides is 1. The average Bonchev–Trinajstić information content (AvgIpc) is 2.40. The maximum atomic E-state index is 10.9. The van der Waals surface area contributed by atoms with Gasteiger partial charge in [0.25, 0.3) is 0 Å². The molecule has 0 aliphatic rings. The van der Waals surface area contributed by atoms with E-state index in [9.17, 15) is 4.79 Å². The molecule has 0 fully saturated rings. The second kappa shape index (κ2) is 4.30. The molecule has 1 N–H and O–H groups in total. The maximum absolute atomic E-state index is 10.9. The minimum atomic E-state index is -0.0331. The van der Waals surface area contributed by atoms with Gasteiger partial charge < -0.3 is 0 Å². The van der Waals surface area contributed by atoms with E-state index in [4.69, 9.17) is 0 Å². The smallest absolute Gasteiger partial charge is 0.236 e. The molecule has 0 aliphatic carbocycles. The van der Waals surface area contributed by atoms with Gasteiger partial charge in [0.1, 0.15) is 5.51 Å². The third-order valence-corrected chi connectivity index (χ3v) is 2.04. The number of hydrogen-bond donors (Lipinski definition) is 1. The molecule has 0 saturated heterocycles. The maximum Gasteiger partial charge on any atom is 0.236 e. The van der Waals surface area contributed by atoms with Crippen molar-refractivity contribution in [3.63, 3.8) is 0 Å². The van der Waals surface area contributed by atoms with E-state index in [0.29, 0.717) is 10.9 Å². The Morgan fingerprint density at radius 3 is 3.27 bits per heavy atom. The molecular weight excluding hydrogens is 182 g/mol. The minimum Gasteiger partial charge on any atom is -0.300 e. The molecule has 1 rings (SSSR count). The largest absolute Gasteiger partial charge is 0.300 e. The summed E-state index contributed by atoms with van der Waals surface area (Å²) in [5.74, 6) is 0.425. The molecule has 0 spiro atoms. The van der Waals surface area contributed by atoms with Crippen molar-refractivity contribution in [3.8, 4) is 0 Å². The van der Waals surface area contributed by atoms with Gasteiger partial charge in [0.05, 0.1) is 5.75 Å². The van der Waals surface area contributed by atoms with Crippen molar-refractivity contribution in [2.24, 2.45) is 0 Å². The van der Waals surface area contributed by atoms with Crippen LogP contribution in [0.2, 0.25) is 0 Å². The molecule has 1 amide bonds. The van der Waals surface area contributed by atoms with Crippen LogP contribution in [0, 0.1) is 0 Å². The van der Waals surface area contributed by atoms with Crippen molar-refractivity contribution >= 4 is 34.1 Å². The Morgan fingerprint density at radius 2 is 2.73 bits per heavy atom. The summed E-state index contributed by atoms with van der Waals surface area (Å²) in [4.78, 5) is 10.9. The van der Waals surface area contributed by atoms with E-state index in [-0.39, 0.29) is 5.91 Å². The molecule has 4 nitrogen and oxygen atoms in total. The zero-order valence-corrected chi connectivity index (χ0v) is 7.54. The van der Waals surface area contributed by atoms with Crippen LogP contribution in [0.15, 0.2) is 5.51 Å². The van der Waals surface area contributed by atoms with Gasteiger partial charge in [-0.05, 0) is 6.26 Å². The Hall–Kier alpha value is -0.620. The number of aromatic nitrogens is 2. The van der Waals surface area contributed by atoms with Crippen LogP contribution in [0.1, 0.15) is 0 Å². The van der Waals surface area contributed by atoms with E-state index in [2.05, 4.69) is 15.5 Å². The first-order valence-electron chi connectivity index (χ1n) is 2.88. The molecular formula is C5H7N3OS2. The predicted molar refractivity (Wildman–Crippen MR) is 46.9 cm³/mol. The van der Waals surface area contributed by atoms with E-state index in [0.717, 1.165) is 0 Å². The highest BCUT2D eigenvalue weighted by molar-refractivity contribution is 7.99. The highest BCUT2D eigenvalue weighted by Gasteiger charge is 2.01. The number of rotatable bonds is 3. The fraction of sp³-hybridized carbons (Fsp3) is 0.400. The number of carbonyl (C=O) groups excluding carboxylic acids is 1. The third-order valence-electron chi connectivity index (χ3n) is 0.882. The van der Waals surface area contributed by atoms with Crippen LogP contribution in [0.25, 0.3) is 0 Å². The molecule has 1 aromatic heterocycles. The Balaban J connectivity index is 2.37. The van der Waals surface area contributed by atoms with Gasteiger partial charge in [-0.2, -0.15) is 11.8 Å². The van der Waals surface area contributed by atoms with Gasteiger partial charge >= 0.3 is 0 Å². The number of nitrogens with zero attached hydrogens (tertiary/aromatic N) is 2. The van der Waals surface area contributed by atoms with Gasteiger partial charge in [-0.15, -0.1) is 10.2 Å². The zero-order valence-electron chi connectivity index (χ0n) is 5.90. The molecule has 6 heteroatoms. The van der Waals surface area contributed by atoms with E-state index < -0.39 is 0 Å². The molecule has 0 atom stereocenters. The molecule has 1 heterocycles. The molecule has 0 aliphatic heterocycles. The van der Waals surface area contributed by atoms with E-state index >= 15 is 0 Å². The topological polar surface area (TPSA) is 54.9 Å². The van der Waals surface area contributed by atoms with Crippen molar-refractivity contribution in [2.45, 2.75) is 0 Å². The fourth-order valence-electron chi connectivity index (χ4n) is 0.514. The van der Waals surface area contributed by atoms with Crippen LogP contribution < -0.4 is 5.32 Å². The van der Waals surface area contributed by atoms with Crippen molar-refractivity contribution in [1.29, 1.82) is 0 Å². The van der Waals surface area contributed by atoms with E-state index in [1.165, 1.54) is 23.1 Å². The number of thioether (sulfide) groups is 1. The lowest BCUT2D eigenvalue weighted by atomic mass is 10.7. The summed E-state index contributed by atoms with van der Waals surface area (Å²) in [5, 5.41) is 10.4. The van der Waals surface area contributed by atoms with E-state index in [1.54, 1.807) is 5.51 Å². The molecule has 0 aromatic carbocycles.